The maximum absolute atomic E-state index is 12.2. The van der Waals surface area contributed by atoms with Crippen molar-refractivity contribution in [3.05, 3.63) is 35.9 Å². The lowest BCUT2D eigenvalue weighted by molar-refractivity contribution is -0.134. The number of nitrogens with zero attached hydrogens (tertiary/aromatic N) is 1. The van der Waals surface area contributed by atoms with Crippen LogP contribution < -0.4 is 5.73 Å². The average molecular weight is 262 g/mol. The number of carbonyl (C=O) groups excluding carboxylic acids is 1. The predicted molar refractivity (Wildman–Crippen MR) is 74.5 cm³/mol. The maximum Gasteiger partial charge on any atom is 0.239 e. The van der Waals surface area contributed by atoms with Gasteiger partial charge in [0.25, 0.3) is 0 Å². The number of hydrogen-bond donors (Lipinski definition) is 2. The first-order valence-corrected chi connectivity index (χ1v) is 6.90. The molecule has 1 atom stereocenters. The van der Waals surface area contributed by atoms with E-state index in [1.165, 1.54) is 0 Å². The van der Waals surface area contributed by atoms with Gasteiger partial charge in [0.1, 0.15) is 0 Å². The zero-order valence-electron chi connectivity index (χ0n) is 11.2. The van der Waals surface area contributed by atoms with Gasteiger partial charge in [-0.3, -0.25) is 4.79 Å². The summed E-state index contributed by atoms with van der Waals surface area (Å²) in [4.78, 5) is 14.1. The smallest absolute Gasteiger partial charge is 0.239 e. The van der Waals surface area contributed by atoms with Crippen LogP contribution in [0.4, 0.5) is 0 Å². The normalized spacial score (nSPS) is 18.3. The van der Waals surface area contributed by atoms with Crippen LogP contribution in [0, 0.1) is 5.92 Å². The minimum atomic E-state index is -0.465. The Kier molecular flexibility index (Phi) is 4.93. The summed E-state index contributed by atoms with van der Waals surface area (Å²) in [5.74, 6) is 0.370. The number of benzene rings is 1. The fourth-order valence-corrected chi connectivity index (χ4v) is 2.53. The molecule has 0 aliphatic carbocycles. The molecule has 0 radical (unpaired) electrons. The summed E-state index contributed by atoms with van der Waals surface area (Å²) >= 11 is 0. The van der Waals surface area contributed by atoms with Crippen molar-refractivity contribution < 1.29 is 9.90 Å². The molecule has 1 aliphatic rings. The third-order valence-electron chi connectivity index (χ3n) is 3.80. The van der Waals surface area contributed by atoms with Crippen molar-refractivity contribution in [2.24, 2.45) is 11.7 Å². The van der Waals surface area contributed by atoms with Gasteiger partial charge < -0.3 is 15.7 Å². The molecule has 1 saturated heterocycles. The maximum atomic E-state index is 12.2. The summed E-state index contributed by atoms with van der Waals surface area (Å²) in [5.41, 5.74) is 7.10. The lowest BCUT2D eigenvalue weighted by Gasteiger charge is -2.32. The highest BCUT2D eigenvalue weighted by molar-refractivity contribution is 5.82. The summed E-state index contributed by atoms with van der Waals surface area (Å²) in [7, 11) is 0. The number of piperidine rings is 1. The first kappa shape index (κ1) is 14.0. The molecule has 1 aliphatic heterocycles. The Balaban J connectivity index is 1.86. The number of aliphatic hydroxyl groups excluding tert-OH is 1. The number of aliphatic hydroxyl groups is 1. The van der Waals surface area contributed by atoms with Crippen molar-refractivity contribution >= 4 is 5.91 Å². The number of amides is 1. The number of carbonyl (C=O) groups is 1. The van der Waals surface area contributed by atoms with E-state index >= 15 is 0 Å². The Hall–Kier alpha value is -1.39. The van der Waals surface area contributed by atoms with Gasteiger partial charge in [0.2, 0.25) is 5.91 Å². The second-order valence-corrected chi connectivity index (χ2v) is 5.25. The van der Waals surface area contributed by atoms with Gasteiger partial charge in [-0.1, -0.05) is 30.3 Å². The molecule has 1 heterocycles. The Bertz CT molecular complexity index is 400. The fourth-order valence-electron chi connectivity index (χ4n) is 2.53. The summed E-state index contributed by atoms with van der Waals surface area (Å²) in [6.45, 7) is 1.65. The average Bonchev–Trinajstić information content (AvgIpc) is 2.47. The Labute approximate surface area is 114 Å². The lowest BCUT2D eigenvalue weighted by atomic mass is 9.97. The highest BCUT2D eigenvalue weighted by Crippen LogP contribution is 2.17. The van der Waals surface area contributed by atoms with E-state index in [1.54, 1.807) is 0 Å². The summed E-state index contributed by atoms with van der Waals surface area (Å²) in [6, 6.07) is 9.39. The van der Waals surface area contributed by atoms with Crippen molar-refractivity contribution in [3.8, 4) is 0 Å². The zero-order chi connectivity index (χ0) is 13.7. The standard InChI is InChI=1S/C15H22N2O2/c16-14(10-12-4-2-1-3-5-12)15(19)17-8-6-13(11-18)7-9-17/h1-5,13-14,18H,6-11,16H2. The first-order chi connectivity index (χ1) is 9.20. The molecule has 1 aromatic carbocycles. The second-order valence-electron chi connectivity index (χ2n) is 5.25. The lowest BCUT2D eigenvalue weighted by Crippen LogP contribution is -2.48. The Morgan fingerprint density at radius 2 is 1.95 bits per heavy atom. The number of hydrogen-bond acceptors (Lipinski definition) is 3. The van der Waals surface area contributed by atoms with Crippen molar-refractivity contribution in [1.29, 1.82) is 0 Å². The zero-order valence-corrected chi connectivity index (χ0v) is 11.2. The van der Waals surface area contributed by atoms with Crippen LogP contribution in [-0.4, -0.2) is 41.7 Å². The molecule has 1 fully saturated rings. The summed E-state index contributed by atoms with van der Waals surface area (Å²) in [6.07, 6.45) is 2.33. The minimum absolute atomic E-state index is 0.0280. The van der Waals surface area contributed by atoms with E-state index in [4.69, 9.17) is 10.8 Å². The van der Waals surface area contributed by atoms with E-state index in [2.05, 4.69) is 0 Å². The number of nitrogens with two attached hydrogens (primary N) is 1. The van der Waals surface area contributed by atoms with Crippen molar-refractivity contribution in [2.45, 2.75) is 25.3 Å². The van der Waals surface area contributed by atoms with Gasteiger partial charge in [0, 0.05) is 19.7 Å². The topological polar surface area (TPSA) is 66.6 Å². The van der Waals surface area contributed by atoms with Gasteiger partial charge in [-0.25, -0.2) is 0 Å². The molecule has 4 heteroatoms. The van der Waals surface area contributed by atoms with Gasteiger partial charge >= 0.3 is 0 Å². The van der Waals surface area contributed by atoms with Crippen LogP contribution in [0.15, 0.2) is 30.3 Å². The Morgan fingerprint density at radius 1 is 1.32 bits per heavy atom. The minimum Gasteiger partial charge on any atom is -0.396 e. The van der Waals surface area contributed by atoms with Crippen LogP contribution in [0.3, 0.4) is 0 Å². The van der Waals surface area contributed by atoms with Crippen LogP contribution in [0.2, 0.25) is 0 Å². The fraction of sp³-hybridized carbons (Fsp3) is 0.533. The largest absolute Gasteiger partial charge is 0.396 e. The quantitative estimate of drug-likeness (QED) is 0.843. The van der Waals surface area contributed by atoms with Crippen molar-refractivity contribution in [2.75, 3.05) is 19.7 Å². The van der Waals surface area contributed by atoms with E-state index in [0.717, 1.165) is 18.4 Å². The SMILES string of the molecule is NC(Cc1ccccc1)C(=O)N1CCC(CO)CC1. The first-order valence-electron chi connectivity index (χ1n) is 6.90. The molecule has 0 aromatic heterocycles. The van der Waals surface area contributed by atoms with Crippen molar-refractivity contribution in [1.82, 2.24) is 4.90 Å². The third kappa shape index (κ3) is 3.78. The van der Waals surface area contributed by atoms with Gasteiger partial charge in [0.15, 0.2) is 0 Å². The van der Waals surface area contributed by atoms with E-state index in [1.807, 2.05) is 35.2 Å². The number of rotatable bonds is 4. The Morgan fingerprint density at radius 3 is 2.53 bits per heavy atom. The van der Waals surface area contributed by atoms with E-state index in [9.17, 15) is 4.79 Å². The highest BCUT2D eigenvalue weighted by Gasteiger charge is 2.25. The molecule has 4 nitrogen and oxygen atoms in total. The molecular weight excluding hydrogens is 240 g/mol. The van der Waals surface area contributed by atoms with E-state index in [0.29, 0.717) is 25.4 Å². The molecule has 0 bridgehead atoms. The van der Waals surface area contributed by atoms with Crippen LogP contribution in [0.25, 0.3) is 0 Å². The summed E-state index contributed by atoms with van der Waals surface area (Å²) < 4.78 is 0. The van der Waals surface area contributed by atoms with Crippen LogP contribution in [-0.2, 0) is 11.2 Å². The third-order valence-corrected chi connectivity index (χ3v) is 3.80. The molecule has 1 amide bonds. The molecule has 3 N–H and O–H groups in total. The molecule has 104 valence electrons. The predicted octanol–water partition coefficient (Wildman–Crippen LogP) is 0.787. The highest BCUT2D eigenvalue weighted by atomic mass is 16.3. The van der Waals surface area contributed by atoms with Crippen LogP contribution >= 0.6 is 0 Å². The van der Waals surface area contributed by atoms with Gasteiger partial charge in [-0.2, -0.15) is 0 Å². The molecule has 0 saturated carbocycles. The van der Waals surface area contributed by atoms with Gasteiger partial charge in [0.05, 0.1) is 6.04 Å². The molecule has 2 rings (SSSR count). The molecule has 19 heavy (non-hydrogen) atoms. The molecule has 1 unspecified atom stereocenters. The molecule has 1 aromatic rings. The molecule has 0 spiro atoms. The molecular formula is C15H22N2O2. The van der Waals surface area contributed by atoms with E-state index in [-0.39, 0.29) is 12.5 Å². The summed E-state index contributed by atoms with van der Waals surface area (Å²) in [5, 5.41) is 9.09. The van der Waals surface area contributed by atoms with Crippen LogP contribution in [0.5, 0.6) is 0 Å². The monoisotopic (exact) mass is 262 g/mol. The van der Waals surface area contributed by atoms with Gasteiger partial charge in [-0.15, -0.1) is 0 Å². The van der Waals surface area contributed by atoms with Gasteiger partial charge in [-0.05, 0) is 30.7 Å². The second kappa shape index (κ2) is 6.68. The number of likely N-dealkylation sites (tertiary alicyclic amines) is 1. The van der Waals surface area contributed by atoms with E-state index < -0.39 is 6.04 Å². The van der Waals surface area contributed by atoms with Crippen LogP contribution in [0.1, 0.15) is 18.4 Å². The van der Waals surface area contributed by atoms with Crippen molar-refractivity contribution in [3.63, 3.8) is 0 Å².